The van der Waals surface area contributed by atoms with Crippen LogP contribution in [-0.2, 0) is 29.1 Å². The van der Waals surface area contributed by atoms with Gasteiger partial charge in [0.1, 0.15) is 0 Å². The van der Waals surface area contributed by atoms with Crippen molar-refractivity contribution < 1.29 is 39.3 Å². The molecule has 96 valence electrons. The van der Waals surface area contributed by atoms with Crippen molar-refractivity contribution in [2.45, 2.75) is 53.4 Å². The third kappa shape index (κ3) is 15.6. The van der Waals surface area contributed by atoms with E-state index in [1.54, 1.807) is 13.8 Å². The van der Waals surface area contributed by atoms with Gasteiger partial charge < -0.3 is 19.8 Å². The van der Waals surface area contributed by atoms with Gasteiger partial charge in [0, 0.05) is 11.9 Å². The summed E-state index contributed by atoms with van der Waals surface area (Å²) in [4.78, 5) is 20.0. The van der Waals surface area contributed by atoms with Gasteiger partial charge in [-0.2, -0.15) is 0 Å². The molecule has 0 spiro atoms. The Labute approximate surface area is 117 Å². The van der Waals surface area contributed by atoms with Crippen molar-refractivity contribution in [1.29, 1.82) is 0 Å². The van der Waals surface area contributed by atoms with Gasteiger partial charge in [-0.3, -0.25) is 0 Å². The summed E-state index contributed by atoms with van der Waals surface area (Å²) in [5, 5.41) is 20.0. The number of carbonyl (C=O) groups excluding carboxylic acids is 2. The Kier molecular flexibility index (Phi) is 17.5. The largest absolute Gasteiger partial charge is 2.00 e. The first kappa shape index (κ1) is 21.8. The summed E-state index contributed by atoms with van der Waals surface area (Å²) in [6, 6.07) is 0. The van der Waals surface area contributed by atoms with Crippen LogP contribution in [0.2, 0.25) is 0 Å². The summed E-state index contributed by atoms with van der Waals surface area (Å²) >= 11 is 0. The van der Waals surface area contributed by atoms with Crippen molar-refractivity contribution in [3.05, 3.63) is 0 Å². The van der Waals surface area contributed by atoms with Gasteiger partial charge in [0.15, 0.2) is 0 Å². The number of aliphatic carboxylic acids is 2. The maximum absolute atomic E-state index is 9.98. The first-order valence-electron chi connectivity index (χ1n) is 5.78. The second-order valence-electron chi connectivity index (χ2n) is 4.02. The fourth-order valence-electron chi connectivity index (χ4n) is 1.10. The maximum atomic E-state index is 9.98. The molecule has 0 aliphatic carbocycles. The molecule has 2 atom stereocenters. The molecule has 17 heavy (non-hydrogen) atoms. The molecule has 5 heteroatoms. The first-order valence-corrected chi connectivity index (χ1v) is 5.78. The fraction of sp³-hybridized carbons (Fsp3) is 0.833. The van der Waals surface area contributed by atoms with Crippen LogP contribution in [0, 0.1) is 11.8 Å². The van der Waals surface area contributed by atoms with Crippen LogP contribution < -0.4 is 10.2 Å². The van der Waals surface area contributed by atoms with E-state index in [0.717, 1.165) is 25.7 Å². The molecule has 0 aromatic carbocycles. The van der Waals surface area contributed by atoms with Crippen LogP contribution in [0.4, 0.5) is 0 Å². The van der Waals surface area contributed by atoms with Gasteiger partial charge in [0.05, 0.1) is 0 Å². The van der Waals surface area contributed by atoms with E-state index >= 15 is 0 Å². The summed E-state index contributed by atoms with van der Waals surface area (Å²) in [6.07, 6.45) is 3.27. The van der Waals surface area contributed by atoms with Gasteiger partial charge in [0.2, 0.25) is 0 Å². The van der Waals surface area contributed by atoms with E-state index in [-0.39, 0.29) is 31.3 Å². The Bertz CT molecular complexity index is 185. The van der Waals surface area contributed by atoms with Crippen LogP contribution in [-0.4, -0.2) is 11.9 Å². The molecule has 0 aliphatic rings. The first-order chi connectivity index (χ1) is 7.36. The molecule has 0 radical (unpaired) electrons. The summed E-state index contributed by atoms with van der Waals surface area (Å²) in [7, 11) is 0. The van der Waals surface area contributed by atoms with Crippen molar-refractivity contribution in [3.8, 4) is 0 Å². The molecular weight excluding hydrogens is 274 g/mol. The van der Waals surface area contributed by atoms with E-state index in [4.69, 9.17) is 0 Å². The number of carbonyl (C=O) groups is 2. The second kappa shape index (κ2) is 13.6. The molecule has 0 rings (SSSR count). The summed E-state index contributed by atoms with van der Waals surface area (Å²) in [5.74, 6) is -2.43. The zero-order valence-electron chi connectivity index (χ0n) is 11.3. The van der Waals surface area contributed by atoms with Crippen LogP contribution in [0.15, 0.2) is 0 Å². The third-order valence-corrected chi connectivity index (χ3v) is 2.25. The van der Waals surface area contributed by atoms with Crippen LogP contribution in [0.1, 0.15) is 53.4 Å². The number of carboxylic acid groups (broad SMARTS) is 2. The Morgan fingerprint density at radius 3 is 1.18 bits per heavy atom. The van der Waals surface area contributed by atoms with Crippen LogP contribution in [0.5, 0.6) is 0 Å². The Hall–Kier alpha value is -0.437. The molecule has 0 amide bonds. The van der Waals surface area contributed by atoms with Gasteiger partial charge in [-0.25, -0.2) is 0 Å². The molecular formula is C12H22O4Zn. The van der Waals surface area contributed by atoms with Gasteiger partial charge in [-0.15, -0.1) is 0 Å². The van der Waals surface area contributed by atoms with Crippen molar-refractivity contribution >= 4 is 11.9 Å². The minimum atomic E-state index is -0.938. The maximum Gasteiger partial charge on any atom is 2.00 e. The van der Waals surface area contributed by atoms with E-state index in [1.165, 1.54) is 0 Å². The third-order valence-electron chi connectivity index (χ3n) is 2.25. The predicted molar refractivity (Wildman–Crippen MR) is 58.2 cm³/mol. The molecule has 4 nitrogen and oxygen atoms in total. The minimum Gasteiger partial charge on any atom is -0.550 e. The Morgan fingerprint density at radius 2 is 1.12 bits per heavy atom. The predicted octanol–water partition coefficient (Wildman–Crippen LogP) is 0.343. The Balaban J connectivity index is -0.000000218. The monoisotopic (exact) mass is 294 g/mol. The summed E-state index contributed by atoms with van der Waals surface area (Å²) in [6.45, 7) is 7.25. The van der Waals surface area contributed by atoms with Gasteiger partial charge in [0.25, 0.3) is 0 Å². The molecule has 0 saturated carbocycles. The van der Waals surface area contributed by atoms with Gasteiger partial charge in [-0.1, -0.05) is 40.5 Å². The molecule has 0 aliphatic heterocycles. The number of hydrogen-bond donors (Lipinski definition) is 0. The van der Waals surface area contributed by atoms with E-state index < -0.39 is 11.9 Å². The van der Waals surface area contributed by atoms with E-state index in [0.29, 0.717) is 0 Å². The Morgan fingerprint density at radius 1 is 0.882 bits per heavy atom. The normalized spacial score (nSPS) is 12.5. The van der Waals surface area contributed by atoms with E-state index in [2.05, 4.69) is 0 Å². The number of hydrogen-bond acceptors (Lipinski definition) is 4. The summed E-state index contributed by atoms with van der Waals surface area (Å²) in [5.41, 5.74) is 0. The average molecular weight is 296 g/mol. The van der Waals surface area contributed by atoms with Gasteiger partial charge >= 0.3 is 19.5 Å². The van der Waals surface area contributed by atoms with Crippen LogP contribution >= 0.6 is 0 Å². The molecule has 2 unspecified atom stereocenters. The van der Waals surface area contributed by atoms with Crippen molar-refractivity contribution in [3.63, 3.8) is 0 Å². The molecule has 0 heterocycles. The molecule has 0 N–H and O–H groups in total. The smallest absolute Gasteiger partial charge is 0.550 e. The number of rotatable bonds is 6. The van der Waals surface area contributed by atoms with Crippen molar-refractivity contribution in [2.75, 3.05) is 0 Å². The van der Waals surface area contributed by atoms with Gasteiger partial charge in [-0.05, 0) is 24.7 Å². The molecule has 0 saturated heterocycles. The summed E-state index contributed by atoms with van der Waals surface area (Å²) < 4.78 is 0. The molecule has 0 aromatic heterocycles. The zero-order valence-corrected chi connectivity index (χ0v) is 14.3. The molecule has 0 bridgehead atoms. The molecule has 0 aromatic rings. The van der Waals surface area contributed by atoms with Crippen molar-refractivity contribution in [2.24, 2.45) is 11.8 Å². The topological polar surface area (TPSA) is 80.3 Å². The zero-order chi connectivity index (χ0) is 13.1. The van der Waals surface area contributed by atoms with E-state index in [1.807, 2.05) is 13.8 Å². The minimum absolute atomic E-state index is 0. The quantitative estimate of drug-likeness (QED) is 0.662. The molecule has 0 fully saturated rings. The fourth-order valence-corrected chi connectivity index (χ4v) is 1.10. The van der Waals surface area contributed by atoms with Crippen LogP contribution in [0.25, 0.3) is 0 Å². The second-order valence-corrected chi connectivity index (χ2v) is 4.02. The van der Waals surface area contributed by atoms with Crippen LogP contribution in [0.3, 0.4) is 0 Å². The SMILES string of the molecule is CCCC(C)C(=O)[O-].CCCC(C)C(=O)[O-].[Zn+2]. The van der Waals surface area contributed by atoms with E-state index in [9.17, 15) is 19.8 Å². The average Bonchev–Trinajstić information content (AvgIpc) is 2.19. The van der Waals surface area contributed by atoms with Crippen molar-refractivity contribution in [1.82, 2.24) is 0 Å². The number of carboxylic acids is 2. The standard InChI is InChI=1S/2C6H12O2.Zn/c2*1-3-4-5(2)6(7)8;/h2*5H,3-4H2,1-2H3,(H,7,8);/q;;+2/p-2.